The Kier molecular flexibility index (Phi) is 5.98. The van der Waals surface area contributed by atoms with Crippen LogP contribution in [0.2, 0.25) is 0 Å². The maximum atomic E-state index is 11.4. The molecule has 6 nitrogen and oxygen atoms in total. The Labute approximate surface area is 145 Å². The van der Waals surface area contributed by atoms with Crippen LogP contribution in [0.1, 0.15) is 40.6 Å². The first-order valence-electron chi connectivity index (χ1n) is 7.51. The molecule has 1 heterocycles. The smallest absolute Gasteiger partial charge is 0.337 e. The second-order valence-electron chi connectivity index (χ2n) is 5.44. The Morgan fingerprint density at radius 2 is 2.08 bits per heavy atom. The molecule has 0 aliphatic carbocycles. The van der Waals surface area contributed by atoms with Gasteiger partial charge in [0.15, 0.2) is 0 Å². The van der Waals surface area contributed by atoms with E-state index in [9.17, 15) is 18.3 Å². The zero-order valence-electron chi connectivity index (χ0n) is 13.3. The number of aryl methyl sites for hydroxylation is 1. The van der Waals surface area contributed by atoms with E-state index in [2.05, 4.69) is 23.7 Å². The summed E-state index contributed by atoms with van der Waals surface area (Å²) in [4.78, 5) is 12.2. The van der Waals surface area contributed by atoms with Crippen LogP contribution in [0.4, 0.5) is 5.69 Å². The van der Waals surface area contributed by atoms with Gasteiger partial charge < -0.3 is 10.4 Å². The Morgan fingerprint density at radius 3 is 2.71 bits per heavy atom. The second-order valence-corrected chi connectivity index (χ2v) is 7.99. The molecule has 1 aromatic carbocycles. The molecule has 0 spiro atoms. The van der Waals surface area contributed by atoms with Gasteiger partial charge >= 0.3 is 5.97 Å². The summed E-state index contributed by atoms with van der Waals surface area (Å²) < 4.78 is 22.7. The van der Waals surface area contributed by atoms with Gasteiger partial charge in [-0.05, 0) is 48.1 Å². The molecule has 4 N–H and O–H groups in total. The molecular weight excluding hydrogens is 348 g/mol. The van der Waals surface area contributed by atoms with Gasteiger partial charge in [-0.3, -0.25) is 0 Å². The lowest BCUT2D eigenvalue weighted by molar-refractivity contribution is 0.0697. The number of rotatable bonds is 8. The highest BCUT2D eigenvalue weighted by molar-refractivity contribution is 7.89. The molecular formula is C16H20N2O4S2. The lowest BCUT2D eigenvalue weighted by atomic mass is 10.1. The predicted molar refractivity (Wildman–Crippen MR) is 95.0 cm³/mol. The van der Waals surface area contributed by atoms with Gasteiger partial charge in [0.25, 0.3) is 0 Å². The Morgan fingerprint density at radius 1 is 1.33 bits per heavy atom. The first-order valence-corrected chi connectivity index (χ1v) is 9.94. The number of primary sulfonamides is 1. The van der Waals surface area contributed by atoms with Crippen molar-refractivity contribution in [3.63, 3.8) is 0 Å². The monoisotopic (exact) mass is 368 g/mol. The number of aromatic carboxylic acids is 1. The van der Waals surface area contributed by atoms with Crippen molar-refractivity contribution in [1.29, 1.82) is 0 Å². The van der Waals surface area contributed by atoms with Crippen molar-refractivity contribution >= 4 is 33.0 Å². The van der Waals surface area contributed by atoms with Crippen molar-refractivity contribution in [1.82, 2.24) is 0 Å². The largest absolute Gasteiger partial charge is 0.478 e. The van der Waals surface area contributed by atoms with Crippen molar-refractivity contribution in [2.75, 3.05) is 5.32 Å². The fourth-order valence-corrected chi connectivity index (χ4v) is 3.65. The number of anilines is 1. The summed E-state index contributed by atoms with van der Waals surface area (Å²) in [5.41, 5.74) is 1.52. The van der Waals surface area contributed by atoms with Crippen molar-refractivity contribution in [3.8, 4) is 0 Å². The molecule has 8 heteroatoms. The number of carbonyl (C=O) groups is 1. The van der Waals surface area contributed by atoms with Gasteiger partial charge in [0.05, 0.1) is 10.5 Å². The molecule has 0 saturated carbocycles. The van der Waals surface area contributed by atoms with Gasteiger partial charge in [0, 0.05) is 17.1 Å². The number of hydrogen-bond acceptors (Lipinski definition) is 5. The number of unbranched alkanes of at least 4 members (excludes halogenated alkanes) is 1. The summed E-state index contributed by atoms with van der Waals surface area (Å²) in [6.45, 7) is 2.62. The topological polar surface area (TPSA) is 109 Å². The lowest BCUT2D eigenvalue weighted by Gasteiger charge is -2.10. The van der Waals surface area contributed by atoms with E-state index in [-0.39, 0.29) is 10.5 Å². The summed E-state index contributed by atoms with van der Waals surface area (Å²) in [7, 11) is -3.94. The molecule has 2 aromatic rings. The fourth-order valence-electron chi connectivity index (χ4n) is 2.24. The van der Waals surface area contributed by atoms with Crippen LogP contribution in [-0.4, -0.2) is 19.5 Å². The highest BCUT2D eigenvalue weighted by Gasteiger charge is 2.16. The van der Waals surface area contributed by atoms with Gasteiger partial charge in [-0.1, -0.05) is 13.3 Å². The number of sulfonamides is 1. The standard InChI is InChI=1S/C16H20N2O4S2/c1-2-3-4-11-7-12(23-10-11)9-18-15-6-5-13(24(17,21)22)8-14(15)16(19)20/h5-8,10,18H,2-4,9H2,1H3,(H,19,20)(H2,17,21,22). The van der Waals surface area contributed by atoms with Gasteiger partial charge in [0.2, 0.25) is 10.0 Å². The van der Waals surface area contributed by atoms with E-state index < -0.39 is 16.0 Å². The highest BCUT2D eigenvalue weighted by atomic mass is 32.2. The molecule has 0 aliphatic rings. The third-order valence-corrected chi connectivity index (χ3v) is 5.43. The highest BCUT2D eigenvalue weighted by Crippen LogP contribution is 2.23. The first-order chi connectivity index (χ1) is 11.3. The quantitative estimate of drug-likeness (QED) is 0.663. The Bertz CT molecular complexity index is 828. The molecule has 0 radical (unpaired) electrons. The minimum absolute atomic E-state index is 0.121. The zero-order valence-corrected chi connectivity index (χ0v) is 14.9. The number of carboxylic acid groups (broad SMARTS) is 1. The minimum Gasteiger partial charge on any atom is -0.478 e. The van der Waals surface area contributed by atoms with Crippen LogP contribution in [-0.2, 0) is 23.0 Å². The van der Waals surface area contributed by atoms with Gasteiger partial charge in [-0.15, -0.1) is 11.3 Å². The number of carboxylic acids is 1. The maximum absolute atomic E-state index is 11.4. The molecule has 0 amide bonds. The van der Waals surface area contributed by atoms with Crippen LogP contribution in [0.15, 0.2) is 34.5 Å². The van der Waals surface area contributed by atoms with Crippen molar-refractivity contribution in [2.45, 2.75) is 37.6 Å². The van der Waals surface area contributed by atoms with Crippen LogP contribution in [0, 0.1) is 0 Å². The molecule has 24 heavy (non-hydrogen) atoms. The van der Waals surface area contributed by atoms with Crippen molar-refractivity contribution in [2.24, 2.45) is 5.14 Å². The van der Waals surface area contributed by atoms with E-state index in [0.29, 0.717) is 12.2 Å². The van der Waals surface area contributed by atoms with E-state index in [1.54, 1.807) is 11.3 Å². The normalized spacial score (nSPS) is 11.4. The zero-order chi connectivity index (χ0) is 17.7. The van der Waals surface area contributed by atoms with Crippen molar-refractivity contribution in [3.05, 3.63) is 45.6 Å². The Hall–Kier alpha value is -1.90. The maximum Gasteiger partial charge on any atom is 0.337 e. The Balaban J connectivity index is 2.14. The van der Waals surface area contributed by atoms with Gasteiger partial charge in [-0.2, -0.15) is 0 Å². The molecule has 0 saturated heterocycles. The number of nitrogens with two attached hydrogens (primary N) is 1. The summed E-state index contributed by atoms with van der Waals surface area (Å²) in [6.07, 6.45) is 3.32. The molecule has 130 valence electrons. The van der Waals surface area contributed by atoms with Crippen LogP contribution in [0.5, 0.6) is 0 Å². The molecule has 2 rings (SSSR count). The number of benzene rings is 1. The molecule has 0 bridgehead atoms. The average molecular weight is 368 g/mol. The average Bonchev–Trinajstić information content (AvgIpc) is 2.97. The van der Waals surface area contributed by atoms with E-state index in [0.717, 1.165) is 30.2 Å². The van der Waals surface area contributed by atoms with Gasteiger partial charge in [-0.25, -0.2) is 18.4 Å². The van der Waals surface area contributed by atoms with E-state index in [4.69, 9.17) is 5.14 Å². The van der Waals surface area contributed by atoms with Crippen LogP contribution < -0.4 is 10.5 Å². The predicted octanol–water partition coefficient (Wildman–Crippen LogP) is 3.05. The fraction of sp³-hybridized carbons (Fsp3) is 0.312. The third kappa shape index (κ3) is 4.80. The number of hydrogen-bond donors (Lipinski definition) is 3. The molecule has 0 fully saturated rings. The van der Waals surface area contributed by atoms with E-state index >= 15 is 0 Å². The summed E-state index contributed by atoms with van der Waals surface area (Å²) >= 11 is 1.62. The molecule has 0 aliphatic heterocycles. The lowest BCUT2D eigenvalue weighted by Crippen LogP contribution is -2.14. The SMILES string of the molecule is CCCCc1csc(CNc2ccc(S(N)(=O)=O)cc2C(=O)O)c1. The summed E-state index contributed by atoms with van der Waals surface area (Å²) in [5, 5.41) is 19.5. The van der Waals surface area contributed by atoms with Crippen LogP contribution in [0.25, 0.3) is 0 Å². The van der Waals surface area contributed by atoms with E-state index in [1.165, 1.54) is 17.7 Å². The summed E-state index contributed by atoms with van der Waals surface area (Å²) in [5.74, 6) is -1.21. The third-order valence-electron chi connectivity index (χ3n) is 3.53. The number of nitrogens with one attached hydrogen (secondary N) is 1. The first kappa shape index (κ1) is 18.4. The van der Waals surface area contributed by atoms with Crippen molar-refractivity contribution < 1.29 is 18.3 Å². The summed E-state index contributed by atoms with van der Waals surface area (Å²) in [6, 6.07) is 5.90. The van der Waals surface area contributed by atoms with Crippen LogP contribution >= 0.6 is 11.3 Å². The molecule has 0 unspecified atom stereocenters. The second kappa shape index (κ2) is 7.78. The van der Waals surface area contributed by atoms with Gasteiger partial charge in [0.1, 0.15) is 0 Å². The molecule has 1 aromatic heterocycles. The molecule has 0 atom stereocenters. The van der Waals surface area contributed by atoms with Crippen LogP contribution in [0.3, 0.4) is 0 Å². The number of thiophene rings is 1. The van der Waals surface area contributed by atoms with E-state index in [1.807, 2.05) is 0 Å². The minimum atomic E-state index is -3.94.